The number of aryl methyl sites for hydroxylation is 2. The fraction of sp³-hybridized carbons (Fsp3) is 0.545. The lowest BCUT2D eigenvalue weighted by atomic mass is 9.66. The van der Waals surface area contributed by atoms with Crippen LogP contribution in [0.25, 0.3) is 0 Å². The minimum Gasteiger partial charge on any atom is -0.274 e. The number of benzene rings is 1. The van der Waals surface area contributed by atoms with Gasteiger partial charge in [0, 0.05) is 0 Å². The van der Waals surface area contributed by atoms with Crippen LogP contribution in [0.3, 0.4) is 0 Å². The Morgan fingerprint density at radius 3 is 1.96 bits per heavy atom. The van der Waals surface area contributed by atoms with E-state index in [2.05, 4.69) is 6.07 Å². The molecule has 130 valence electrons. The van der Waals surface area contributed by atoms with Gasteiger partial charge in [-0.25, -0.2) is 4.90 Å². The monoisotopic (exact) mass is 335 g/mol. The van der Waals surface area contributed by atoms with Crippen molar-refractivity contribution in [1.29, 1.82) is 0 Å². The number of allylic oxidation sites excluding steroid dienone is 2. The fourth-order valence-electron chi connectivity index (χ4n) is 6.19. The first-order valence-corrected chi connectivity index (χ1v) is 9.75. The van der Waals surface area contributed by atoms with Gasteiger partial charge in [0.2, 0.25) is 11.8 Å². The summed E-state index contributed by atoms with van der Waals surface area (Å²) in [6.07, 6.45) is 6.86. The predicted molar refractivity (Wildman–Crippen MR) is 97.1 cm³/mol. The molecule has 0 N–H and O–H groups in total. The molecule has 3 nitrogen and oxygen atoms in total. The summed E-state index contributed by atoms with van der Waals surface area (Å²) >= 11 is 0. The Morgan fingerprint density at radius 1 is 0.880 bits per heavy atom. The molecule has 0 aromatic heterocycles. The second-order valence-corrected chi connectivity index (χ2v) is 8.40. The summed E-state index contributed by atoms with van der Waals surface area (Å²) in [4.78, 5) is 28.3. The lowest BCUT2D eigenvalue weighted by molar-refractivity contribution is -0.122. The van der Waals surface area contributed by atoms with Crippen LogP contribution in [0.2, 0.25) is 0 Å². The van der Waals surface area contributed by atoms with Gasteiger partial charge in [-0.15, -0.1) is 0 Å². The van der Waals surface area contributed by atoms with Crippen molar-refractivity contribution in [3.63, 3.8) is 0 Å². The average molecular weight is 335 g/mol. The largest absolute Gasteiger partial charge is 0.274 e. The molecule has 3 fully saturated rings. The Kier molecular flexibility index (Phi) is 3.25. The van der Waals surface area contributed by atoms with Crippen LogP contribution in [0.1, 0.15) is 49.7 Å². The number of amides is 2. The van der Waals surface area contributed by atoms with Crippen molar-refractivity contribution < 1.29 is 9.59 Å². The molecule has 3 aliphatic carbocycles. The smallest absolute Gasteiger partial charge is 0.238 e. The van der Waals surface area contributed by atoms with E-state index in [-0.39, 0.29) is 23.7 Å². The molecule has 5 rings (SSSR count). The van der Waals surface area contributed by atoms with E-state index < -0.39 is 0 Å². The van der Waals surface area contributed by atoms with E-state index in [1.165, 1.54) is 12.8 Å². The molecular formula is C22H25NO2. The minimum absolute atomic E-state index is 0.0669. The van der Waals surface area contributed by atoms with Crippen LogP contribution in [0, 0.1) is 37.5 Å². The third-order valence-corrected chi connectivity index (χ3v) is 7.09. The molecule has 4 aliphatic rings. The van der Waals surface area contributed by atoms with E-state index >= 15 is 0 Å². The van der Waals surface area contributed by atoms with Crippen LogP contribution in [0.4, 0.5) is 5.69 Å². The average Bonchev–Trinajstić information content (AvgIpc) is 3.26. The maximum Gasteiger partial charge on any atom is 0.238 e. The van der Waals surface area contributed by atoms with Gasteiger partial charge in [-0.05, 0) is 75.8 Å². The summed E-state index contributed by atoms with van der Waals surface area (Å²) < 4.78 is 0. The normalized spacial score (nSPS) is 33.8. The van der Waals surface area contributed by atoms with Crippen LogP contribution in [0.5, 0.6) is 0 Å². The first-order valence-electron chi connectivity index (χ1n) is 9.75. The summed E-state index contributed by atoms with van der Waals surface area (Å²) in [7, 11) is 0. The van der Waals surface area contributed by atoms with E-state index in [1.54, 1.807) is 16.0 Å². The molecule has 0 radical (unpaired) electrons. The lowest BCUT2D eigenvalue weighted by Gasteiger charge is -2.34. The topological polar surface area (TPSA) is 37.4 Å². The Bertz CT molecular complexity index is 779. The van der Waals surface area contributed by atoms with Gasteiger partial charge in [0.1, 0.15) is 0 Å². The molecular weight excluding hydrogens is 310 g/mol. The van der Waals surface area contributed by atoms with Crippen molar-refractivity contribution in [2.75, 3.05) is 4.90 Å². The number of hydrogen-bond acceptors (Lipinski definition) is 2. The van der Waals surface area contributed by atoms with E-state index in [4.69, 9.17) is 0 Å². The second kappa shape index (κ2) is 5.30. The van der Waals surface area contributed by atoms with Crippen molar-refractivity contribution in [1.82, 2.24) is 0 Å². The molecule has 1 heterocycles. The van der Waals surface area contributed by atoms with Gasteiger partial charge in [0.05, 0.1) is 17.5 Å². The highest BCUT2D eigenvalue weighted by atomic mass is 16.2. The second-order valence-electron chi connectivity index (χ2n) is 8.40. The van der Waals surface area contributed by atoms with Gasteiger partial charge in [-0.3, -0.25) is 9.59 Å². The Morgan fingerprint density at radius 2 is 1.44 bits per heavy atom. The summed E-state index contributed by atoms with van der Waals surface area (Å²) in [5.74, 6) is 0.604. The minimum atomic E-state index is -0.0995. The highest BCUT2D eigenvalue weighted by molar-refractivity contribution is 6.23. The van der Waals surface area contributed by atoms with Gasteiger partial charge in [-0.1, -0.05) is 28.8 Å². The predicted octanol–water partition coefficient (Wildman–Crippen LogP) is 4.32. The highest BCUT2D eigenvalue weighted by Gasteiger charge is 2.59. The zero-order valence-electron chi connectivity index (χ0n) is 15.0. The van der Waals surface area contributed by atoms with Crippen molar-refractivity contribution in [3.05, 3.63) is 40.5 Å². The molecule has 0 spiro atoms. The molecule has 2 amide bonds. The van der Waals surface area contributed by atoms with Gasteiger partial charge >= 0.3 is 0 Å². The van der Waals surface area contributed by atoms with Crippen molar-refractivity contribution in [3.8, 4) is 0 Å². The van der Waals surface area contributed by atoms with Gasteiger partial charge < -0.3 is 0 Å². The third-order valence-electron chi connectivity index (χ3n) is 7.09. The molecule has 2 saturated carbocycles. The van der Waals surface area contributed by atoms with Crippen LogP contribution in [0.15, 0.2) is 29.3 Å². The molecule has 0 unspecified atom stereocenters. The van der Waals surface area contributed by atoms with E-state index in [0.717, 1.165) is 42.5 Å². The Balaban J connectivity index is 1.62. The Hall–Kier alpha value is -1.90. The number of nitrogens with zero attached hydrogens (tertiary/aromatic N) is 1. The number of carbonyl (C=O) groups is 2. The summed E-state index contributed by atoms with van der Waals surface area (Å²) in [5.41, 5.74) is 6.11. The van der Waals surface area contributed by atoms with E-state index in [9.17, 15) is 9.59 Å². The number of hydrogen-bond donors (Lipinski definition) is 0. The van der Waals surface area contributed by atoms with Gasteiger partial charge in [0.15, 0.2) is 0 Å². The zero-order chi connectivity index (χ0) is 17.3. The van der Waals surface area contributed by atoms with Crippen LogP contribution < -0.4 is 4.90 Å². The van der Waals surface area contributed by atoms with Crippen LogP contribution >= 0.6 is 0 Å². The van der Waals surface area contributed by atoms with Gasteiger partial charge in [-0.2, -0.15) is 0 Å². The summed E-state index contributed by atoms with van der Waals surface area (Å²) in [5, 5.41) is 0. The molecule has 4 atom stereocenters. The van der Waals surface area contributed by atoms with E-state index in [1.807, 2.05) is 26.0 Å². The van der Waals surface area contributed by atoms with E-state index in [0.29, 0.717) is 11.8 Å². The maximum absolute atomic E-state index is 13.4. The molecule has 1 aromatic rings. The quantitative estimate of drug-likeness (QED) is 0.566. The number of rotatable bonds is 1. The van der Waals surface area contributed by atoms with Crippen molar-refractivity contribution in [2.24, 2.45) is 23.7 Å². The summed E-state index contributed by atoms with van der Waals surface area (Å²) in [6.45, 7) is 4.05. The SMILES string of the molecule is Cc1ccc(N2C(=O)[C@H]3[C@H](C2=O)[C@@H]2CCCC2=C2CCC[C@H]23)c(C)c1. The third kappa shape index (κ3) is 1.98. The number of anilines is 1. The number of imide groups is 1. The fourth-order valence-corrected chi connectivity index (χ4v) is 6.19. The van der Waals surface area contributed by atoms with Crippen LogP contribution in [-0.4, -0.2) is 11.8 Å². The Labute approximate surface area is 149 Å². The molecule has 0 bridgehead atoms. The molecule has 1 aliphatic heterocycles. The number of fused-ring (bicyclic) bond motifs is 5. The highest BCUT2D eigenvalue weighted by Crippen LogP contribution is 2.58. The van der Waals surface area contributed by atoms with Crippen molar-refractivity contribution in [2.45, 2.75) is 52.4 Å². The summed E-state index contributed by atoms with van der Waals surface area (Å²) in [6, 6.07) is 6.03. The lowest BCUT2D eigenvalue weighted by Crippen LogP contribution is -2.35. The maximum atomic E-state index is 13.4. The van der Waals surface area contributed by atoms with Crippen molar-refractivity contribution >= 4 is 17.5 Å². The first-order chi connectivity index (χ1) is 12.1. The standard InChI is InChI=1S/C22H25NO2/c1-12-9-10-18(13(2)11-12)23-21(24)19-16-7-3-5-14(16)15-6-4-8-17(15)20(19)22(23)25/h9-11,16-17,19-20H,3-8H2,1-2H3/t16-,17-,19-,20-/m1/s1. The zero-order valence-corrected chi connectivity index (χ0v) is 15.0. The van der Waals surface area contributed by atoms with Gasteiger partial charge in [0.25, 0.3) is 0 Å². The first kappa shape index (κ1) is 15.4. The molecule has 3 heteroatoms. The molecule has 1 saturated heterocycles. The van der Waals surface area contributed by atoms with Crippen LogP contribution in [-0.2, 0) is 9.59 Å². The number of carbonyl (C=O) groups excluding carboxylic acids is 2. The molecule has 25 heavy (non-hydrogen) atoms. The molecule has 1 aromatic carbocycles.